The molecule has 0 atom stereocenters. The monoisotopic (exact) mass is 564 g/mol. The topological polar surface area (TPSA) is 29.5 Å². The summed E-state index contributed by atoms with van der Waals surface area (Å²) in [5, 5.41) is 19.4. The van der Waals surface area contributed by atoms with Crippen LogP contribution in [0, 0.1) is 6.92 Å². The summed E-state index contributed by atoms with van der Waals surface area (Å²) in [6.07, 6.45) is 0. The number of aromatic hydroxyl groups is 1. The second-order valence-electron chi connectivity index (χ2n) is 11.8. The van der Waals surface area contributed by atoms with Gasteiger partial charge in [0.1, 0.15) is 17.2 Å². The Morgan fingerprint density at radius 1 is 0.477 bits per heavy atom. The Morgan fingerprint density at radius 2 is 0.932 bits per heavy atom. The van der Waals surface area contributed by atoms with Crippen LogP contribution >= 0.6 is 0 Å². The average molecular weight is 565 g/mol. The zero-order chi connectivity index (χ0) is 29.4. The predicted octanol–water partition coefficient (Wildman–Crippen LogP) is 10.8. The molecular formula is C42H28O2. The predicted molar refractivity (Wildman–Crippen MR) is 181 cm³/mol. The van der Waals surface area contributed by atoms with Gasteiger partial charge in [0.2, 0.25) is 0 Å². The zero-order valence-electron chi connectivity index (χ0n) is 24.2. The summed E-state index contributed by atoms with van der Waals surface area (Å²) in [6, 6.07) is 51.4. The first-order valence-electron chi connectivity index (χ1n) is 15.1. The van der Waals surface area contributed by atoms with E-state index in [1.54, 1.807) is 0 Å². The van der Waals surface area contributed by atoms with Crippen LogP contribution < -0.4 is 4.74 Å². The number of fused-ring (bicyclic) bond motifs is 10. The largest absolute Gasteiger partial charge is 0.507 e. The van der Waals surface area contributed by atoms with Crippen LogP contribution in [0.3, 0.4) is 0 Å². The van der Waals surface area contributed by atoms with Gasteiger partial charge in [-0.3, -0.25) is 0 Å². The molecule has 2 heteroatoms. The molecule has 0 aromatic heterocycles. The van der Waals surface area contributed by atoms with Crippen molar-refractivity contribution < 1.29 is 9.84 Å². The third kappa shape index (κ3) is 3.25. The van der Waals surface area contributed by atoms with E-state index in [1.807, 2.05) is 24.3 Å². The highest BCUT2D eigenvalue weighted by atomic mass is 16.5. The highest BCUT2D eigenvalue weighted by molar-refractivity contribution is 6.16. The van der Waals surface area contributed by atoms with Crippen molar-refractivity contribution >= 4 is 43.1 Å². The van der Waals surface area contributed by atoms with Crippen molar-refractivity contribution in [3.63, 3.8) is 0 Å². The van der Waals surface area contributed by atoms with Gasteiger partial charge < -0.3 is 9.84 Å². The number of phenols is 1. The normalized spacial score (nSPS) is 13.6. The summed E-state index contributed by atoms with van der Waals surface area (Å²) in [7, 11) is 0. The number of hydrogen-bond acceptors (Lipinski definition) is 2. The summed E-state index contributed by atoms with van der Waals surface area (Å²) in [5.41, 5.74) is 5.14. The van der Waals surface area contributed by atoms with Crippen LogP contribution in [0.5, 0.6) is 17.2 Å². The SMILES string of the molecule is Cc1cc2ccc3c(c2c2ccccc12)Oc1c(ccc2cc(O)c4ccccc4c12)C3(c1ccccc1)c1ccccc1. The molecule has 8 aromatic carbocycles. The molecule has 0 aliphatic carbocycles. The molecular weight excluding hydrogens is 536 g/mol. The van der Waals surface area contributed by atoms with Gasteiger partial charge >= 0.3 is 0 Å². The van der Waals surface area contributed by atoms with Gasteiger partial charge in [-0.05, 0) is 56.6 Å². The number of aryl methyl sites for hydroxylation is 1. The smallest absolute Gasteiger partial charge is 0.140 e. The fourth-order valence-corrected chi connectivity index (χ4v) is 7.71. The fraction of sp³-hybridized carbons (Fsp3) is 0.0476. The molecule has 44 heavy (non-hydrogen) atoms. The maximum Gasteiger partial charge on any atom is 0.140 e. The summed E-state index contributed by atoms with van der Waals surface area (Å²) in [6.45, 7) is 2.18. The molecule has 9 rings (SSSR count). The minimum absolute atomic E-state index is 0.272. The van der Waals surface area contributed by atoms with Crippen molar-refractivity contribution in [2.45, 2.75) is 12.3 Å². The zero-order valence-corrected chi connectivity index (χ0v) is 24.2. The summed E-state index contributed by atoms with van der Waals surface area (Å²) in [5.74, 6) is 1.98. The van der Waals surface area contributed by atoms with Crippen molar-refractivity contribution in [3.05, 3.63) is 173 Å². The number of hydrogen-bond donors (Lipinski definition) is 1. The van der Waals surface area contributed by atoms with Crippen LogP contribution in [0.25, 0.3) is 43.1 Å². The van der Waals surface area contributed by atoms with E-state index in [9.17, 15) is 5.11 Å². The Labute approximate surface area is 255 Å². The summed E-state index contributed by atoms with van der Waals surface area (Å²) in [4.78, 5) is 0. The van der Waals surface area contributed by atoms with Crippen molar-refractivity contribution in [1.82, 2.24) is 0 Å². The molecule has 1 heterocycles. The molecule has 1 aliphatic rings. The Morgan fingerprint density at radius 3 is 1.50 bits per heavy atom. The first-order valence-corrected chi connectivity index (χ1v) is 15.1. The molecule has 1 N–H and O–H groups in total. The van der Waals surface area contributed by atoms with Crippen molar-refractivity contribution in [1.29, 1.82) is 0 Å². The molecule has 0 radical (unpaired) electrons. The third-order valence-electron chi connectivity index (χ3n) is 9.56. The Balaban J connectivity index is 1.55. The van der Waals surface area contributed by atoms with Gasteiger partial charge in [0.25, 0.3) is 0 Å². The first kappa shape index (κ1) is 24.9. The van der Waals surface area contributed by atoms with E-state index in [0.29, 0.717) is 0 Å². The molecule has 0 unspecified atom stereocenters. The average Bonchev–Trinajstić information content (AvgIpc) is 3.08. The molecule has 0 spiro atoms. The second-order valence-corrected chi connectivity index (χ2v) is 11.8. The molecule has 0 saturated heterocycles. The lowest BCUT2D eigenvalue weighted by Crippen LogP contribution is -2.34. The maximum atomic E-state index is 11.0. The van der Waals surface area contributed by atoms with Crippen LogP contribution in [0.4, 0.5) is 0 Å². The molecule has 0 saturated carbocycles. The Hall–Kier alpha value is -5.60. The van der Waals surface area contributed by atoms with Gasteiger partial charge in [-0.2, -0.15) is 0 Å². The van der Waals surface area contributed by atoms with E-state index in [2.05, 4.69) is 128 Å². The van der Waals surface area contributed by atoms with Crippen LogP contribution in [-0.2, 0) is 5.41 Å². The Bertz CT molecular complexity index is 2250. The molecule has 0 amide bonds. The molecule has 0 bridgehead atoms. The van der Waals surface area contributed by atoms with Crippen molar-refractivity contribution in [2.75, 3.05) is 0 Å². The van der Waals surface area contributed by atoms with Crippen LogP contribution in [0.15, 0.2) is 146 Å². The lowest BCUT2D eigenvalue weighted by atomic mass is 9.63. The lowest BCUT2D eigenvalue weighted by molar-refractivity contribution is 0.445. The van der Waals surface area contributed by atoms with Gasteiger partial charge in [-0.15, -0.1) is 0 Å². The van der Waals surface area contributed by atoms with E-state index in [-0.39, 0.29) is 5.75 Å². The van der Waals surface area contributed by atoms with E-state index in [4.69, 9.17) is 4.74 Å². The molecule has 8 aromatic rings. The number of ether oxygens (including phenoxy) is 1. The molecule has 1 aliphatic heterocycles. The van der Waals surface area contributed by atoms with E-state index in [1.165, 1.54) is 27.5 Å². The van der Waals surface area contributed by atoms with Crippen LogP contribution in [-0.4, -0.2) is 5.11 Å². The van der Waals surface area contributed by atoms with Crippen molar-refractivity contribution in [3.8, 4) is 17.2 Å². The maximum absolute atomic E-state index is 11.0. The highest BCUT2D eigenvalue weighted by Crippen LogP contribution is 2.59. The summed E-state index contributed by atoms with van der Waals surface area (Å²) < 4.78 is 7.32. The Kier molecular flexibility index (Phi) is 5.22. The standard InChI is InChI=1S/C42H28O2/c1-26-24-27-20-22-35-40(38(27)33-18-10-8-16-31(26)33)44-41-36(23-21-28-25-37(43)32-17-9-11-19-34(32)39(28)41)42(35,29-12-4-2-5-13-29)30-14-6-3-7-15-30/h2-25,43H,1H3. The molecule has 208 valence electrons. The van der Waals surface area contributed by atoms with Gasteiger partial charge in [0.15, 0.2) is 0 Å². The fourth-order valence-electron chi connectivity index (χ4n) is 7.71. The number of benzene rings is 8. The van der Waals surface area contributed by atoms with Gasteiger partial charge in [0.05, 0.1) is 5.41 Å². The number of phenolic OH excluding ortho intramolecular Hbond substituents is 1. The molecule has 0 fully saturated rings. The third-order valence-corrected chi connectivity index (χ3v) is 9.56. The second kappa shape index (κ2) is 9.20. The summed E-state index contributed by atoms with van der Waals surface area (Å²) >= 11 is 0. The van der Waals surface area contributed by atoms with Crippen LogP contribution in [0.1, 0.15) is 27.8 Å². The lowest BCUT2D eigenvalue weighted by Gasteiger charge is -2.42. The molecule has 2 nitrogen and oxygen atoms in total. The minimum atomic E-state index is -0.654. The van der Waals surface area contributed by atoms with E-state index in [0.717, 1.165) is 54.9 Å². The van der Waals surface area contributed by atoms with E-state index < -0.39 is 5.41 Å². The number of rotatable bonds is 2. The van der Waals surface area contributed by atoms with Crippen molar-refractivity contribution in [2.24, 2.45) is 0 Å². The quantitative estimate of drug-likeness (QED) is 0.212. The van der Waals surface area contributed by atoms with Gasteiger partial charge in [-0.25, -0.2) is 0 Å². The minimum Gasteiger partial charge on any atom is -0.507 e. The van der Waals surface area contributed by atoms with Crippen LogP contribution in [0.2, 0.25) is 0 Å². The van der Waals surface area contributed by atoms with E-state index >= 15 is 0 Å². The first-order chi connectivity index (χ1) is 21.7. The van der Waals surface area contributed by atoms with Gasteiger partial charge in [-0.1, -0.05) is 140 Å². The highest BCUT2D eigenvalue weighted by Gasteiger charge is 2.46. The van der Waals surface area contributed by atoms with Gasteiger partial charge in [0, 0.05) is 27.3 Å².